The average molecular weight is 471 g/mol. The normalized spacial score (nSPS) is 22.2. The molecule has 0 aliphatic heterocycles. The van der Waals surface area contributed by atoms with Crippen molar-refractivity contribution < 1.29 is 24.2 Å². The van der Waals surface area contributed by atoms with Gasteiger partial charge in [0, 0.05) is 6.42 Å². The van der Waals surface area contributed by atoms with Gasteiger partial charge in [-0.25, -0.2) is 0 Å². The molecule has 6 heteroatoms. The second kappa shape index (κ2) is 16.9. The number of rotatable bonds is 8. The average Bonchev–Trinajstić information content (AvgIpc) is 2.74. The number of ketones is 1. The Bertz CT molecular complexity index is 638. The number of carboxylic acid groups (broad SMARTS) is 1. The number of hydrogen-bond donors (Lipinski definition) is 1. The van der Waals surface area contributed by atoms with Gasteiger partial charge in [0.15, 0.2) is 0 Å². The number of esters is 1. The second-order valence-corrected chi connectivity index (χ2v) is 9.23. The van der Waals surface area contributed by atoms with E-state index < -0.39 is 11.9 Å². The molecule has 0 amide bonds. The van der Waals surface area contributed by atoms with Crippen LogP contribution in [-0.4, -0.2) is 34.8 Å². The summed E-state index contributed by atoms with van der Waals surface area (Å²) in [4.78, 5) is 31.3. The Hall–Kier alpha value is -1.62. The van der Waals surface area contributed by atoms with Crippen LogP contribution < -0.4 is 0 Å². The van der Waals surface area contributed by atoms with E-state index in [-0.39, 0.29) is 30.1 Å². The predicted molar refractivity (Wildman–Crippen MR) is 131 cm³/mol. The van der Waals surface area contributed by atoms with Gasteiger partial charge in [-0.3, -0.25) is 14.4 Å². The van der Waals surface area contributed by atoms with Gasteiger partial charge < -0.3 is 9.84 Å². The number of hydrogen-bond acceptors (Lipinski definition) is 4. The summed E-state index contributed by atoms with van der Waals surface area (Å²) in [7, 11) is 0. The van der Waals surface area contributed by atoms with Gasteiger partial charge in [-0.05, 0) is 55.9 Å². The van der Waals surface area contributed by atoms with Crippen LogP contribution in [0, 0.1) is 23.7 Å². The zero-order valence-corrected chi connectivity index (χ0v) is 21.5. The Morgan fingerprint density at radius 1 is 1.25 bits per heavy atom. The Morgan fingerprint density at radius 3 is 2.34 bits per heavy atom. The highest BCUT2D eigenvalue weighted by Gasteiger charge is 2.30. The van der Waals surface area contributed by atoms with E-state index in [1.165, 1.54) is 32.6 Å². The van der Waals surface area contributed by atoms with Crippen molar-refractivity contribution in [2.75, 3.05) is 5.88 Å². The van der Waals surface area contributed by atoms with Crippen molar-refractivity contribution in [3.05, 3.63) is 23.8 Å². The summed E-state index contributed by atoms with van der Waals surface area (Å²) < 4.78 is 4.96. The van der Waals surface area contributed by atoms with Crippen molar-refractivity contribution >= 4 is 29.3 Å². The van der Waals surface area contributed by atoms with Crippen LogP contribution in [-0.2, 0) is 19.1 Å². The van der Waals surface area contributed by atoms with Gasteiger partial charge in [-0.15, -0.1) is 11.6 Å². The Kier molecular flexibility index (Phi) is 16.1. The fourth-order valence-corrected chi connectivity index (χ4v) is 4.13. The van der Waals surface area contributed by atoms with Crippen LogP contribution in [0.4, 0.5) is 0 Å². The Balaban J connectivity index is 0.000000484. The molecule has 0 aromatic carbocycles. The molecule has 32 heavy (non-hydrogen) atoms. The first-order valence-corrected chi connectivity index (χ1v) is 12.5. The summed E-state index contributed by atoms with van der Waals surface area (Å²) in [5.41, 5.74) is 1.64. The SMILES string of the molecule is CC(C)C(=O)O.CCC1C(C)C=CC2=CCCCC21.CCCC(CC(C)=O)OC(=O)CCl. The maximum atomic E-state index is 10.8. The second-order valence-electron chi connectivity index (χ2n) is 8.97. The molecule has 4 atom stereocenters. The van der Waals surface area contributed by atoms with Crippen LogP contribution in [0.2, 0.25) is 0 Å². The number of carboxylic acids is 1. The maximum Gasteiger partial charge on any atom is 0.321 e. The third kappa shape index (κ3) is 12.4. The topological polar surface area (TPSA) is 80.7 Å². The molecule has 184 valence electrons. The molecule has 0 saturated heterocycles. The highest BCUT2D eigenvalue weighted by atomic mass is 35.5. The highest BCUT2D eigenvalue weighted by molar-refractivity contribution is 6.26. The molecule has 5 nitrogen and oxygen atoms in total. The molecule has 4 unspecified atom stereocenters. The van der Waals surface area contributed by atoms with Crippen molar-refractivity contribution in [1.82, 2.24) is 0 Å². The standard InChI is InChI=1S/C13H20.C9H15ClO3.C4H8O2/c1-3-12-10(2)8-9-11-6-4-5-7-13(11)12;1-3-4-8(5-7(2)11)13-9(12)6-10;1-3(2)4(5)6/h6,8-10,12-13H,3-5,7H2,1-2H3;8H,3-6H2,1-2H3;3H,1-2H3,(H,5,6). The highest BCUT2D eigenvalue weighted by Crippen LogP contribution is 2.41. The van der Waals surface area contributed by atoms with Crippen LogP contribution in [0.25, 0.3) is 0 Å². The number of carbonyl (C=O) groups is 3. The molecular weight excluding hydrogens is 428 g/mol. The number of fused-ring (bicyclic) bond motifs is 1. The number of halogens is 1. The molecule has 0 radical (unpaired) electrons. The minimum atomic E-state index is -0.741. The van der Waals surface area contributed by atoms with Crippen LogP contribution in [0.1, 0.15) is 86.5 Å². The lowest BCUT2D eigenvalue weighted by Crippen LogP contribution is -2.26. The zero-order chi connectivity index (χ0) is 24.7. The molecular formula is C26H43ClO5. The van der Waals surface area contributed by atoms with Crippen molar-refractivity contribution in [2.24, 2.45) is 23.7 Å². The molecule has 0 spiro atoms. The molecule has 0 heterocycles. The number of Topliss-reactive ketones (excluding diaryl/α,β-unsaturated/α-hetero) is 1. The summed E-state index contributed by atoms with van der Waals surface area (Å²) in [6.07, 6.45) is 14.3. The van der Waals surface area contributed by atoms with Gasteiger partial charge in [0.1, 0.15) is 17.8 Å². The first-order chi connectivity index (χ1) is 15.1. The molecule has 0 aromatic rings. The van der Waals surface area contributed by atoms with Crippen LogP contribution in [0.15, 0.2) is 23.8 Å². The molecule has 0 aromatic heterocycles. The van der Waals surface area contributed by atoms with E-state index in [1.54, 1.807) is 19.4 Å². The largest absolute Gasteiger partial charge is 0.481 e. The minimum Gasteiger partial charge on any atom is -0.481 e. The first-order valence-electron chi connectivity index (χ1n) is 11.9. The van der Waals surface area contributed by atoms with Crippen molar-refractivity contribution in [1.29, 1.82) is 0 Å². The van der Waals surface area contributed by atoms with E-state index in [1.807, 2.05) is 6.92 Å². The van der Waals surface area contributed by atoms with Gasteiger partial charge in [0.25, 0.3) is 0 Å². The molecule has 0 saturated carbocycles. The van der Waals surface area contributed by atoms with E-state index in [9.17, 15) is 14.4 Å². The lowest BCUT2D eigenvalue weighted by Gasteiger charge is -2.36. The lowest BCUT2D eigenvalue weighted by atomic mass is 9.69. The zero-order valence-electron chi connectivity index (χ0n) is 20.7. The number of ether oxygens (including phenoxy) is 1. The van der Waals surface area contributed by atoms with Crippen molar-refractivity contribution in [3.63, 3.8) is 0 Å². The van der Waals surface area contributed by atoms with Gasteiger partial charge in [0.2, 0.25) is 0 Å². The number of carbonyl (C=O) groups excluding carboxylic acids is 2. The Morgan fingerprint density at radius 2 is 1.88 bits per heavy atom. The maximum absolute atomic E-state index is 10.8. The fourth-order valence-electron chi connectivity index (χ4n) is 4.07. The molecule has 1 N–H and O–H groups in total. The number of aliphatic carboxylic acids is 1. The summed E-state index contributed by atoms with van der Waals surface area (Å²) in [5.74, 6) is 1.04. The van der Waals surface area contributed by atoms with Crippen LogP contribution >= 0.6 is 11.6 Å². The molecule has 2 rings (SSSR count). The summed E-state index contributed by atoms with van der Waals surface area (Å²) in [6, 6.07) is 0. The smallest absolute Gasteiger partial charge is 0.321 e. The number of alkyl halides is 1. The van der Waals surface area contributed by atoms with Gasteiger partial charge in [0.05, 0.1) is 5.92 Å². The minimum absolute atomic E-state index is 0.0285. The van der Waals surface area contributed by atoms with E-state index in [2.05, 4.69) is 32.1 Å². The fraction of sp³-hybridized carbons (Fsp3) is 0.731. The molecule has 2 aliphatic carbocycles. The summed E-state index contributed by atoms with van der Waals surface area (Å²) in [5, 5.41) is 7.99. The molecule has 0 bridgehead atoms. The van der Waals surface area contributed by atoms with E-state index in [0.717, 1.165) is 24.2 Å². The van der Waals surface area contributed by atoms with Gasteiger partial charge in [-0.2, -0.15) is 0 Å². The third-order valence-corrected chi connectivity index (χ3v) is 6.03. The number of allylic oxidation sites excluding steroid dienone is 4. The van der Waals surface area contributed by atoms with Crippen molar-refractivity contribution in [2.45, 2.75) is 92.6 Å². The lowest BCUT2D eigenvalue weighted by molar-refractivity contribution is -0.147. The van der Waals surface area contributed by atoms with E-state index >= 15 is 0 Å². The third-order valence-electron chi connectivity index (χ3n) is 5.81. The Labute approximate surface area is 199 Å². The summed E-state index contributed by atoms with van der Waals surface area (Å²) in [6.45, 7) is 11.5. The van der Waals surface area contributed by atoms with Gasteiger partial charge >= 0.3 is 11.9 Å². The van der Waals surface area contributed by atoms with Crippen LogP contribution in [0.5, 0.6) is 0 Å². The molecule has 2 aliphatic rings. The quantitative estimate of drug-likeness (QED) is 0.319. The summed E-state index contributed by atoms with van der Waals surface area (Å²) >= 11 is 5.27. The monoisotopic (exact) mass is 470 g/mol. The predicted octanol–water partition coefficient (Wildman–Crippen LogP) is 6.59. The first kappa shape index (κ1) is 30.4. The van der Waals surface area contributed by atoms with E-state index in [4.69, 9.17) is 21.4 Å². The van der Waals surface area contributed by atoms with Gasteiger partial charge in [-0.1, -0.05) is 65.7 Å². The van der Waals surface area contributed by atoms with Crippen LogP contribution in [0.3, 0.4) is 0 Å². The molecule has 0 fully saturated rings. The van der Waals surface area contributed by atoms with Crippen molar-refractivity contribution in [3.8, 4) is 0 Å². The van der Waals surface area contributed by atoms with E-state index in [0.29, 0.717) is 6.42 Å².